The summed E-state index contributed by atoms with van der Waals surface area (Å²) in [6, 6.07) is 12.3. The largest absolute Gasteiger partial charge is 0.338 e. The number of hydrogen-bond donors (Lipinski definition) is 1. The summed E-state index contributed by atoms with van der Waals surface area (Å²) in [5, 5.41) is 6.50. The Balaban J connectivity index is 1.50. The van der Waals surface area contributed by atoms with E-state index in [1.807, 2.05) is 36.4 Å². The number of halogens is 2. The van der Waals surface area contributed by atoms with E-state index >= 15 is 4.39 Å². The molecule has 0 amide bonds. The summed E-state index contributed by atoms with van der Waals surface area (Å²) in [4.78, 5) is 15.7. The van der Waals surface area contributed by atoms with Crippen molar-refractivity contribution in [2.45, 2.75) is 24.9 Å². The first kappa shape index (κ1) is 18.0. The topological polar surface area (TPSA) is 53.9 Å². The molecule has 2 saturated heterocycles. The Morgan fingerprint density at radius 1 is 0.967 bits per heavy atom. The number of benzene rings is 2. The quantitative estimate of drug-likeness (QED) is 0.515. The molecule has 0 saturated carbocycles. The summed E-state index contributed by atoms with van der Waals surface area (Å²) in [7, 11) is 0. The molecule has 0 spiro atoms. The fourth-order valence-electron chi connectivity index (χ4n) is 4.75. The van der Waals surface area contributed by atoms with Gasteiger partial charge in [-0.25, -0.2) is 14.4 Å². The molecule has 1 N–H and O–H groups in total. The summed E-state index contributed by atoms with van der Waals surface area (Å²) in [5.41, 5.74) is 1.21. The van der Waals surface area contributed by atoms with Gasteiger partial charge in [-0.1, -0.05) is 41.9 Å². The average Bonchev–Trinajstić information content (AvgIpc) is 3.11. The highest BCUT2D eigenvalue weighted by molar-refractivity contribution is 6.36. The Kier molecular flexibility index (Phi) is 4.11. The van der Waals surface area contributed by atoms with Gasteiger partial charge in [-0.15, -0.1) is 0 Å². The van der Waals surface area contributed by atoms with Gasteiger partial charge in [-0.05, 0) is 24.3 Å². The van der Waals surface area contributed by atoms with E-state index in [2.05, 4.69) is 25.2 Å². The number of aromatic nitrogens is 3. The van der Waals surface area contributed by atoms with Crippen LogP contribution in [0.5, 0.6) is 0 Å². The zero-order valence-corrected chi connectivity index (χ0v) is 16.9. The zero-order chi connectivity index (χ0) is 20.2. The molecule has 7 heteroatoms. The molecule has 2 aromatic heterocycles. The summed E-state index contributed by atoms with van der Waals surface area (Å²) >= 11 is 6.45. The molecule has 150 valence electrons. The average molecular weight is 420 g/mol. The van der Waals surface area contributed by atoms with E-state index in [-0.39, 0.29) is 5.69 Å². The lowest BCUT2D eigenvalue weighted by Crippen LogP contribution is -2.51. The molecule has 2 unspecified atom stereocenters. The molecule has 4 heterocycles. The van der Waals surface area contributed by atoms with Crippen LogP contribution in [0.25, 0.3) is 32.9 Å². The van der Waals surface area contributed by atoms with Gasteiger partial charge < -0.3 is 10.2 Å². The zero-order valence-electron chi connectivity index (χ0n) is 16.1. The van der Waals surface area contributed by atoms with Crippen molar-refractivity contribution in [1.29, 1.82) is 0 Å². The maximum atomic E-state index is 15.7. The fourth-order valence-corrected chi connectivity index (χ4v) is 5.03. The second-order valence-electron chi connectivity index (χ2n) is 8.08. The van der Waals surface area contributed by atoms with Gasteiger partial charge >= 0.3 is 0 Å². The number of nitrogens with one attached hydrogen (secondary N) is 1. The van der Waals surface area contributed by atoms with Crippen LogP contribution in [-0.4, -0.2) is 40.1 Å². The number of hydrogen-bond acceptors (Lipinski definition) is 5. The van der Waals surface area contributed by atoms with Crippen molar-refractivity contribution in [3.8, 4) is 11.3 Å². The summed E-state index contributed by atoms with van der Waals surface area (Å²) < 4.78 is 15.7. The highest BCUT2D eigenvalue weighted by Crippen LogP contribution is 2.35. The molecule has 2 atom stereocenters. The van der Waals surface area contributed by atoms with Crippen LogP contribution in [0, 0.1) is 5.82 Å². The normalized spacial score (nSPS) is 20.9. The van der Waals surface area contributed by atoms with E-state index < -0.39 is 5.82 Å². The van der Waals surface area contributed by atoms with E-state index in [1.54, 1.807) is 12.4 Å². The third-order valence-corrected chi connectivity index (χ3v) is 6.48. The van der Waals surface area contributed by atoms with Crippen molar-refractivity contribution >= 4 is 39.2 Å². The molecule has 2 aliphatic rings. The van der Waals surface area contributed by atoms with Crippen molar-refractivity contribution in [3.63, 3.8) is 0 Å². The summed E-state index contributed by atoms with van der Waals surface area (Å²) in [5.74, 6) is 0.134. The van der Waals surface area contributed by atoms with Gasteiger partial charge in [0.15, 0.2) is 5.82 Å². The molecule has 5 nitrogen and oxygen atoms in total. The Hall–Kier alpha value is -2.83. The van der Waals surface area contributed by atoms with E-state index in [1.165, 1.54) is 12.8 Å². The third kappa shape index (κ3) is 2.82. The minimum Gasteiger partial charge on any atom is -0.338 e. The van der Waals surface area contributed by atoms with Gasteiger partial charge in [-0.3, -0.25) is 4.98 Å². The van der Waals surface area contributed by atoms with Crippen LogP contribution in [0.1, 0.15) is 12.8 Å². The first-order chi connectivity index (χ1) is 14.7. The van der Waals surface area contributed by atoms with E-state index in [4.69, 9.17) is 11.6 Å². The number of piperazine rings is 1. The standard InChI is InChI=1S/C23H19ClFN5/c24-18-6-2-4-13-3-1-5-17(19(13)18)22-20(25)21-14(9-26-22)10-27-23(29-21)30-11-15-7-8-16(12-30)28-15/h1-6,9-10,15-16,28H,7-8,11-12H2. The molecule has 4 aromatic rings. The van der Waals surface area contributed by atoms with Gasteiger partial charge in [0.1, 0.15) is 11.2 Å². The minimum atomic E-state index is -0.443. The molecule has 2 aromatic carbocycles. The van der Waals surface area contributed by atoms with Crippen LogP contribution in [-0.2, 0) is 0 Å². The first-order valence-corrected chi connectivity index (χ1v) is 10.5. The molecule has 0 aliphatic carbocycles. The maximum absolute atomic E-state index is 15.7. The smallest absolute Gasteiger partial charge is 0.226 e. The number of rotatable bonds is 2. The second-order valence-corrected chi connectivity index (χ2v) is 8.49. The highest BCUT2D eigenvalue weighted by atomic mass is 35.5. The van der Waals surface area contributed by atoms with Gasteiger partial charge in [0, 0.05) is 58.9 Å². The summed E-state index contributed by atoms with van der Waals surface area (Å²) in [6.07, 6.45) is 5.63. The van der Waals surface area contributed by atoms with Crippen LogP contribution in [0.15, 0.2) is 48.8 Å². The van der Waals surface area contributed by atoms with Crippen molar-refractivity contribution in [1.82, 2.24) is 20.3 Å². The van der Waals surface area contributed by atoms with E-state index in [0.717, 1.165) is 23.9 Å². The lowest BCUT2D eigenvalue weighted by atomic mass is 10.0. The molecule has 30 heavy (non-hydrogen) atoms. The lowest BCUT2D eigenvalue weighted by Gasteiger charge is -2.32. The van der Waals surface area contributed by atoms with Gasteiger partial charge in [0.2, 0.25) is 5.95 Å². The van der Waals surface area contributed by atoms with Gasteiger partial charge in [0.25, 0.3) is 0 Å². The molecule has 2 aliphatic heterocycles. The van der Waals surface area contributed by atoms with Crippen molar-refractivity contribution < 1.29 is 4.39 Å². The highest BCUT2D eigenvalue weighted by Gasteiger charge is 2.33. The Labute approximate surface area is 177 Å². The lowest BCUT2D eigenvalue weighted by molar-refractivity contribution is 0.461. The van der Waals surface area contributed by atoms with Gasteiger partial charge in [0.05, 0.1) is 0 Å². The van der Waals surface area contributed by atoms with E-state index in [0.29, 0.717) is 39.5 Å². The second kappa shape index (κ2) is 6.86. The monoisotopic (exact) mass is 419 g/mol. The molecular weight excluding hydrogens is 401 g/mol. The molecular formula is C23H19ClFN5. The Morgan fingerprint density at radius 2 is 1.70 bits per heavy atom. The number of pyridine rings is 1. The third-order valence-electron chi connectivity index (χ3n) is 6.16. The first-order valence-electron chi connectivity index (χ1n) is 10.2. The van der Waals surface area contributed by atoms with Crippen molar-refractivity contribution in [3.05, 3.63) is 59.6 Å². The van der Waals surface area contributed by atoms with E-state index in [9.17, 15) is 0 Å². The number of anilines is 1. The Morgan fingerprint density at radius 3 is 2.50 bits per heavy atom. The van der Waals surface area contributed by atoms with Crippen LogP contribution in [0.2, 0.25) is 5.02 Å². The van der Waals surface area contributed by atoms with Crippen LogP contribution < -0.4 is 10.2 Å². The predicted molar refractivity (Wildman–Crippen MR) is 117 cm³/mol. The van der Waals surface area contributed by atoms with Crippen molar-refractivity contribution in [2.24, 2.45) is 0 Å². The summed E-state index contributed by atoms with van der Waals surface area (Å²) in [6.45, 7) is 1.70. The molecule has 2 bridgehead atoms. The van der Waals surface area contributed by atoms with Crippen LogP contribution >= 0.6 is 11.6 Å². The molecule has 0 radical (unpaired) electrons. The fraction of sp³-hybridized carbons (Fsp3) is 0.261. The van der Waals surface area contributed by atoms with Gasteiger partial charge in [-0.2, -0.15) is 0 Å². The number of nitrogens with zero attached hydrogens (tertiary/aromatic N) is 4. The Bertz CT molecular complexity index is 1280. The van der Waals surface area contributed by atoms with Crippen LogP contribution in [0.3, 0.4) is 0 Å². The molecule has 2 fully saturated rings. The SMILES string of the molecule is Fc1c(-c2cccc3cccc(Cl)c23)ncc2cnc(N3CC4CCC(C3)N4)nc12. The predicted octanol–water partition coefficient (Wildman–Crippen LogP) is 4.58. The van der Waals surface area contributed by atoms with Crippen LogP contribution in [0.4, 0.5) is 10.3 Å². The van der Waals surface area contributed by atoms with Crippen molar-refractivity contribution in [2.75, 3.05) is 18.0 Å². The minimum absolute atomic E-state index is 0.256. The maximum Gasteiger partial charge on any atom is 0.226 e. The number of fused-ring (bicyclic) bond motifs is 4. The molecule has 6 rings (SSSR count).